The summed E-state index contributed by atoms with van der Waals surface area (Å²) >= 11 is 1.55. The largest absolute Gasteiger partial charge is 0.337 e. The minimum atomic E-state index is -0.00155. The van der Waals surface area contributed by atoms with E-state index in [0.717, 1.165) is 45.5 Å². The van der Waals surface area contributed by atoms with Gasteiger partial charge in [0.1, 0.15) is 4.83 Å². The Kier molecular flexibility index (Phi) is 3.63. The molecule has 26 heavy (non-hydrogen) atoms. The molecule has 4 heterocycles. The van der Waals surface area contributed by atoms with E-state index in [2.05, 4.69) is 9.97 Å². The lowest BCUT2D eigenvalue weighted by Crippen LogP contribution is -2.36. The van der Waals surface area contributed by atoms with Gasteiger partial charge in [-0.15, -0.1) is 11.3 Å². The summed E-state index contributed by atoms with van der Waals surface area (Å²) in [4.78, 5) is 37.8. The average Bonchev–Trinajstić information content (AvgIpc) is 3.44. The minimum Gasteiger partial charge on any atom is -0.337 e. The number of pyridine rings is 1. The summed E-state index contributed by atoms with van der Waals surface area (Å²) in [5, 5.41) is 0.731. The number of fused-ring (bicyclic) bond motifs is 3. The van der Waals surface area contributed by atoms with E-state index in [9.17, 15) is 9.59 Å². The maximum atomic E-state index is 13.0. The van der Waals surface area contributed by atoms with E-state index in [4.69, 9.17) is 0 Å². The van der Waals surface area contributed by atoms with Crippen molar-refractivity contribution in [2.24, 2.45) is 5.92 Å². The molecule has 3 aromatic heterocycles. The zero-order chi connectivity index (χ0) is 17.7. The highest BCUT2D eigenvalue weighted by atomic mass is 32.1. The van der Waals surface area contributed by atoms with E-state index in [0.29, 0.717) is 19.6 Å². The molecule has 1 fully saturated rings. The van der Waals surface area contributed by atoms with Crippen molar-refractivity contribution in [2.75, 3.05) is 6.54 Å². The van der Waals surface area contributed by atoms with Gasteiger partial charge in [0.05, 0.1) is 24.8 Å². The predicted octanol–water partition coefficient (Wildman–Crippen LogP) is 2.20. The molecule has 0 saturated heterocycles. The normalized spacial score (nSPS) is 16.7. The maximum Gasteiger partial charge on any atom is 0.262 e. The summed E-state index contributed by atoms with van der Waals surface area (Å²) in [7, 11) is 0. The van der Waals surface area contributed by atoms with Gasteiger partial charge in [-0.3, -0.25) is 19.1 Å². The van der Waals surface area contributed by atoms with Gasteiger partial charge < -0.3 is 4.90 Å². The van der Waals surface area contributed by atoms with Crippen LogP contribution in [0.5, 0.6) is 0 Å². The lowest BCUT2D eigenvalue weighted by atomic mass is 10.0. The molecule has 1 aliphatic carbocycles. The SMILES string of the molecule is O=C(C1CC1)N1CCc2c(sc3ncn(Cc4cccnc4)c(=O)c23)C1. The van der Waals surface area contributed by atoms with Crippen LogP contribution in [0.15, 0.2) is 35.6 Å². The Morgan fingerprint density at radius 1 is 1.35 bits per heavy atom. The predicted molar refractivity (Wildman–Crippen MR) is 99.1 cm³/mol. The first-order valence-electron chi connectivity index (χ1n) is 8.88. The van der Waals surface area contributed by atoms with Crippen LogP contribution in [0.25, 0.3) is 10.2 Å². The van der Waals surface area contributed by atoms with Gasteiger partial charge in [0, 0.05) is 29.7 Å². The molecule has 7 heteroatoms. The lowest BCUT2D eigenvalue weighted by molar-refractivity contribution is -0.133. The van der Waals surface area contributed by atoms with Gasteiger partial charge in [0.2, 0.25) is 5.91 Å². The fraction of sp³-hybridized carbons (Fsp3) is 0.368. The second-order valence-corrected chi connectivity index (χ2v) is 8.09. The first-order chi connectivity index (χ1) is 12.7. The molecule has 6 nitrogen and oxygen atoms in total. The minimum absolute atomic E-state index is 0.00155. The van der Waals surface area contributed by atoms with Crippen molar-refractivity contribution < 1.29 is 4.79 Å². The molecule has 0 radical (unpaired) electrons. The number of thiophene rings is 1. The second kappa shape index (κ2) is 6.02. The van der Waals surface area contributed by atoms with E-state index in [-0.39, 0.29) is 17.4 Å². The van der Waals surface area contributed by atoms with Crippen LogP contribution in [0.3, 0.4) is 0 Å². The average molecular weight is 366 g/mol. The third-order valence-electron chi connectivity index (χ3n) is 5.14. The highest BCUT2D eigenvalue weighted by Crippen LogP contribution is 2.36. The molecule has 0 spiro atoms. The standard InChI is InChI=1S/C19H18N4O2S/c24-18(13-3-4-13)22-7-5-14-15(10-22)26-17-16(14)19(25)23(11-21-17)9-12-2-1-6-20-8-12/h1-2,6,8,11,13H,3-5,7,9-10H2. The van der Waals surface area contributed by atoms with Gasteiger partial charge >= 0.3 is 0 Å². The Labute approximate surface area is 154 Å². The van der Waals surface area contributed by atoms with Crippen LogP contribution < -0.4 is 5.56 Å². The van der Waals surface area contributed by atoms with Crippen molar-refractivity contribution >= 4 is 27.5 Å². The van der Waals surface area contributed by atoms with Crippen LogP contribution in [0.1, 0.15) is 28.8 Å². The van der Waals surface area contributed by atoms with E-state index in [1.54, 1.807) is 34.6 Å². The molecule has 2 aliphatic rings. The summed E-state index contributed by atoms with van der Waals surface area (Å²) in [5.41, 5.74) is 2.06. The number of amides is 1. The third kappa shape index (κ3) is 2.63. The van der Waals surface area contributed by atoms with Gasteiger partial charge in [-0.25, -0.2) is 4.98 Å². The van der Waals surface area contributed by atoms with Crippen LogP contribution in [0.4, 0.5) is 0 Å². The monoisotopic (exact) mass is 366 g/mol. The molecule has 0 atom stereocenters. The molecule has 132 valence electrons. The Morgan fingerprint density at radius 2 is 2.23 bits per heavy atom. The topological polar surface area (TPSA) is 68.1 Å². The van der Waals surface area contributed by atoms with Crippen LogP contribution >= 0.6 is 11.3 Å². The number of rotatable bonds is 3. The quantitative estimate of drug-likeness (QED) is 0.713. The smallest absolute Gasteiger partial charge is 0.262 e. The number of carbonyl (C=O) groups is 1. The van der Waals surface area contributed by atoms with E-state index in [1.807, 2.05) is 17.0 Å². The first kappa shape index (κ1) is 15.7. The fourth-order valence-corrected chi connectivity index (χ4v) is 4.79. The van der Waals surface area contributed by atoms with E-state index in [1.165, 1.54) is 0 Å². The van der Waals surface area contributed by atoms with Crippen molar-refractivity contribution in [1.82, 2.24) is 19.4 Å². The number of hydrogen-bond donors (Lipinski definition) is 0. The fourth-order valence-electron chi connectivity index (χ4n) is 3.60. The summed E-state index contributed by atoms with van der Waals surface area (Å²) in [6.45, 7) is 1.78. The molecule has 0 N–H and O–H groups in total. The highest BCUT2D eigenvalue weighted by Gasteiger charge is 2.35. The molecule has 0 aromatic carbocycles. The zero-order valence-corrected chi connectivity index (χ0v) is 15.0. The Bertz CT molecular complexity index is 1050. The summed E-state index contributed by atoms with van der Waals surface area (Å²) < 4.78 is 1.65. The molecule has 1 saturated carbocycles. The van der Waals surface area contributed by atoms with Gasteiger partial charge in [-0.1, -0.05) is 6.07 Å². The molecule has 0 unspecified atom stereocenters. The number of hydrogen-bond acceptors (Lipinski definition) is 5. The van der Waals surface area contributed by atoms with Crippen LogP contribution in [-0.4, -0.2) is 31.9 Å². The Morgan fingerprint density at radius 3 is 3.00 bits per heavy atom. The molecule has 0 bridgehead atoms. The van der Waals surface area contributed by atoms with Crippen molar-refractivity contribution in [1.29, 1.82) is 0 Å². The van der Waals surface area contributed by atoms with E-state index >= 15 is 0 Å². The Hall–Kier alpha value is -2.54. The number of nitrogens with zero attached hydrogens (tertiary/aromatic N) is 4. The Balaban J connectivity index is 1.51. The van der Waals surface area contributed by atoms with Gasteiger partial charge in [-0.05, 0) is 36.5 Å². The van der Waals surface area contributed by atoms with Crippen molar-refractivity contribution in [3.8, 4) is 0 Å². The molecular formula is C19H18N4O2S. The second-order valence-electron chi connectivity index (χ2n) is 7.01. The number of aromatic nitrogens is 3. The molecule has 1 amide bonds. The number of carbonyl (C=O) groups excluding carboxylic acids is 1. The maximum absolute atomic E-state index is 13.0. The zero-order valence-electron chi connectivity index (χ0n) is 14.2. The molecule has 3 aromatic rings. The third-order valence-corrected chi connectivity index (χ3v) is 6.27. The summed E-state index contributed by atoms with van der Waals surface area (Å²) in [6.07, 6.45) is 7.89. The van der Waals surface area contributed by atoms with Gasteiger partial charge in [-0.2, -0.15) is 0 Å². The molecular weight excluding hydrogens is 348 g/mol. The van der Waals surface area contributed by atoms with E-state index < -0.39 is 0 Å². The summed E-state index contributed by atoms with van der Waals surface area (Å²) in [6, 6.07) is 3.82. The molecule has 1 aliphatic heterocycles. The van der Waals surface area contributed by atoms with Crippen molar-refractivity contribution in [3.05, 3.63) is 57.2 Å². The first-order valence-corrected chi connectivity index (χ1v) is 9.70. The van der Waals surface area contributed by atoms with Crippen LogP contribution in [-0.2, 0) is 24.3 Å². The summed E-state index contributed by atoms with van der Waals surface area (Å²) in [5.74, 6) is 0.510. The van der Waals surface area contributed by atoms with Gasteiger partial charge in [0.15, 0.2) is 0 Å². The van der Waals surface area contributed by atoms with Crippen LogP contribution in [0, 0.1) is 5.92 Å². The van der Waals surface area contributed by atoms with Crippen molar-refractivity contribution in [3.63, 3.8) is 0 Å². The van der Waals surface area contributed by atoms with Crippen molar-refractivity contribution in [2.45, 2.75) is 32.4 Å². The lowest BCUT2D eigenvalue weighted by Gasteiger charge is -2.27. The highest BCUT2D eigenvalue weighted by molar-refractivity contribution is 7.18. The molecule has 5 rings (SSSR count). The van der Waals surface area contributed by atoms with Gasteiger partial charge in [0.25, 0.3) is 5.56 Å². The van der Waals surface area contributed by atoms with Crippen LogP contribution in [0.2, 0.25) is 0 Å².